The van der Waals surface area contributed by atoms with E-state index in [-0.39, 0.29) is 24.1 Å². The van der Waals surface area contributed by atoms with Crippen LogP contribution in [0.3, 0.4) is 0 Å². The molecule has 1 aromatic rings. The summed E-state index contributed by atoms with van der Waals surface area (Å²) in [6.07, 6.45) is -0.244. The molecule has 0 bridgehead atoms. The second-order valence-electron chi connectivity index (χ2n) is 5.87. The molecule has 23 heavy (non-hydrogen) atoms. The third-order valence-corrected chi connectivity index (χ3v) is 4.02. The van der Waals surface area contributed by atoms with Gasteiger partial charge in [-0.25, -0.2) is 8.78 Å². The third kappa shape index (κ3) is 4.25. The Hall–Kier alpha value is -1.57. The Balaban J connectivity index is 2.07. The molecule has 1 aromatic carbocycles. The number of hydrogen-bond acceptors (Lipinski definition) is 4. The molecule has 0 radical (unpaired) electrons. The van der Waals surface area contributed by atoms with Crippen LogP contribution in [0.15, 0.2) is 18.2 Å². The van der Waals surface area contributed by atoms with E-state index in [0.29, 0.717) is 13.2 Å². The lowest BCUT2D eigenvalue weighted by atomic mass is 10.0. The molecule has 1 saturated heterocycles. The first-order valence-corrected chi connectivity index (χ1v) is 7.65. The minimum Gasteiger partial charge on any atom is -0.375 e. The smallest absolute Gasteiger partial charge is 0.239 e. The van der Waals surface area contributed by atoms with Gasteiger partial charge in [0.25, 0.3) is 0 Å². The molecule has 1 aliphatic rings. The summed E-state index contributed by atoms with van der Waals surface area (Å²) in [4.78, 5) is 14.0. The molecule has 1 amide bonds. The number of likely N-dealkylation sites (N-methyl/N-ethyl adjacent to an activating group) is 1. The van der Waals surface area contributed by atoms with Crippen LogP contribution in [0.25, 0.3) is 0 Å². The number of nitrogens with zero attached hydrogens (tertiary/aromatic N) is 1. The van der Waals surface area contributed by atoms with Crippen molar-refractivity contribution in [1.29, 1.82) is 0 Å². The van der Waals surface area contributed by atoms with E-state index in [1.807, 2.05) is 6.92 Å². The zero-order valence-corrected chi connectivity index (χ0v) is 13.6. The second kappa shape index (κ2) is 7.81. The lowest BCUT2D eigenvalue weighted by Gasteiger charge is -2.31. The molecule has 2 rings (SSSR count). The zero-order chi connectivity index (χ0) is 17.0. The Morgan fingerprint density at radius 1 is 1.43 bits per heavy atom. The maximum atomic E-state index is 14.0. The van der Waals surface area contributed by atoms with Crippen molar-refractivity contribution < 1.29 is 18.3 Å². The van der Waals surface area contributed by atoms with Crippen LogP contribution in [0, 0.1) is 11.6 Å². The third-order valence-electron chi connectivity index (χ3n) is 4.02. The maximum absolute atomic E-state index is 14.0. The molecule has 2 N–H and O–H groups in total. The Morgan fingerprint density at radius 3 is 2.65 bits per heavy atom. The van der Waals surface area contributed by atoms with Crippen LogP contribution in [0.4, 0.5) is 8.78 Å². The van der Waals surface area contributed by atoms with E-state index in [9.17, 15) is 13.6 Å². The number of rotatable bonds is 5. The molecule has 3 atom stereocenters. The van der Waals surface area contributed by atoms with Gasteiger partial charge in [0, 0.05) is 18.7 Å². The highest BCUT2D eigenvalue weighted by atomic mass is 19.1. The van der Waals surface area contributed by atoms with E-state index in [0.717, 1.165) is 0 Å². The number of morpholine rings is 1. The summed E-state index contributed by atoms with van der Waals surface area (Å²) in [7, 11) is 3.43. The fraction of sp³-hybridized carbons (Fsp3) is 0.562. The standard InChI is InChI=1S/C16H23F2N3O2/c1-10-15(19-7-8-23-10)16(22)20-9-13(21(2)3)14-11(17)5-4-6-12(14)18/h4-6,10,13,15,19H,7-9H2,1-3H3,(H,20,22)/t10-,13?,15+/m1/s1. The molecule has 0 aliphatic carbocycles. The van der Waals surface area contributed by atoms with Crippen LogP contribution >= 0.6 is 0 Å². The van der Waals surface area contributed by atoms with Crippen molar-refractivity contribution >= 4 is 5.91 Å². The number of carbonyl (C=O) groups excluding carboxylic acids is 1. The van der Waals surface area contributed by atoms with Crippen molar-refractivity contribution in [2.24, 2.45) is 0 Å². The Kier molecular flexibility index (Phi) is 6.04. The fourth-order valence-corrected chi connectivity index (χ4v) is 2.71. The monoisotopic (exact) mass is 327 g/mol. The van der Waals surface area contributed by atoms with Crippen molar-refractivity contribution in [3.63, 3.8) is 0 Å². The molecule has 7 heteroatoms. The Morgan fingerprint density at radius 2 is 2.09 bits per heavy atom. The highest BCUT2D eigenvalue weighted by Crippen LogP contribution is 2.24. The number of ether oxygens (including phenoxy) is 1. The second-order valence-corrected chi connectivity index (χ2v) is 5.87. The van der Waals surface area contributed by atoms with Gasteiger partial charge in [-0.3, -0.25) is 4.79 Å². The Bertz CT molecular complexity index is 534. The quantitative estimate of drug-likeness (QED) is 0.849. The van der Waals surface area contributed by atoms with Crippen molar-refractivity contribution in [3.05, 3.63) is 35.4 Å². The van der Waals surface area contributed by atoms with Crippen LogP contribution in [-0.2, 0) is 9.53 Å². The first kappa shape index (κ1) is 17.8. The molecule has 0 saturated carbocycles. The summed E-state index contributed by atoms with van der Waals surface area (Å²) >= 11 is 0. The van der Waals surface area contributed by atoms with E-state index in [1.165, 1.54) is 18.2 Å². The summed E-state index contributed by atoms with van der Waals surface area (Å²) in [5.74, 6) is -1.48. The van der Waals surface area contributed by atoms with Crippen molar-refractivity contribution in [2.45, 2.75) is 25.1 Å². The van der Waals surface area contributed by atoms with Gasteiger partial charge >= 0.3 is 0 Å². The van der Waals surface area contributed by atoms with Gasteiger partial charge in [-0.05, 0) is 33.2 Å². The first-order chi connectivity index (χ1) is 10.9. The lowest BCUT2D eigenvalue weighted by molar-refractivity contribution is -0.129. The van der Waals surface area contributed by atoms with E-state index >= 15 is 0 Å². The van der Waals surface area contributed by atoms with E-state index in [2.05, 4.69) is 10.6 Å². The molecule has 1 heterocycles. The van der Waals surface area contributed by atoms with Crippen molar-refractivity contribution in [2.75, 3.05) is 33.8 Å². The average Bonchev–Trinajstić information content (AvgIpc) is 2.50. The van der Waals surface area contributed by atoms with Gasteiger partial charge in [0.15, 0.2) is 0 Å². The molecule has 1 aliphatic heterocycles. The summed E-state index contributed by atoms with van der Waals surface area (Å²) in [6, 6.07) is 2.70. The molecule has 1 fully saturated rings. The number of halogens is 2. The van der Waals surface area contributed by atoms with Gasteiger partial charge in [0.1, 0.15) is 17.7 Å². The largest absolute Gasteiger partial charge is 0.375 e. The fourth-order valence-electron chi connectivity index (χ4n) is 2.71. The van der Waals surface area contributed by atoms with E-state index in [1.54, 1.807) is 19.0 Å². The van der Waals surface area contributed by atoms with E-state index in [4.69, 9.17) is 4.74 Å². The molecule has 0 spiro atoms. The number of benzene rings is 1. The molecular formula is C16H23F2N3O2. The van der Waals surface area contributed by atoms with Crippen molar-refractivity contribution in [3.8, 4) is 0 Å². The number of carbonyl (C=O) groups is 1. The average molecular weight is 327 g/mol. The van der Waals surface area contributed by atoms with Gasteiger partial charge in [0.05, 0.1) is 18.8 Å². The van der Waals surface area contributed by atoms with Crippen LogP contribution in [0.1, 0.15) is 18.5 Å². The zero-order valence-electron chi connectivity index (χ0n) is 13.6. The van der Waals surface area contributed by atoms with Crippen molar-refractivity contribution in [1.82, 2.24) is 15.5 Å². The minimum absolute atomic E-state index is 0.0429. The molecular weight excluding hydrogens is 304 g/mol. The molecule has 128 valence electrons. The van der Waals surface area contributed by atoms with Crippen LogP contribution in [0.2, 0.25) is 0 Å². The molecule has 5 nitrogen and oxygen atoms in total. The predicted octanol–water partition coefficient (Wildman–Crippen LogP) is 1.06. The van der Waals surface area contributed by atoms with Gasteiger partial charge in [-0.15, -0.1) is 0 Å². The van der Waals surface area contributed by atoms with Gasteiger partial charge < -0.3 is 20.3 Å². The summed E-state index contributed by atoms with van der Waals surface area (Å²) in [6.45, 7) is 3.08. The summed E-state index contributed by atoms with van der Waals surface area (Å²) in [5, 5.41) is 5.85. The normalized spacial score (nSPS) is 22.9. The number of hydrogen-bond donors (Lipinski definition) is 2. The van der Waals surface area contributed by atoms with Gasteiger partial charge in [-0.1, -0.05) is 6.07 Å². The Labute approximate surface area is 135 Å². The lowest BCUT2D eigenvalue weighted by Crippen LogP contribution is -2.56. The summed E-state index contributed by atoms with van der Waals surface area (Å²) in [5.41, 5.74) is -0.0429. The first-order valence-electron chi connectivity index (χ1n) is 7.65. The minimum atomic E-state index is -0.620. The highest BCUT2D eigenvalue weighted by Gasteiger charge is 2.29. The predicted molar refractivity (Wildman–Crippen MR) is 83.0 cm³/mol. The van der Waals surface area contributed by atoms with Crippen LogP contribution in [-0.4, -0.2) is 56.7 Å². The molecule has 1 unspecified atom stereocenters. The van der Waals surface area contributed by atoms with Crippen LogP contribution in [0.5, 0.6) is 0 Å². The highest BCUT2D eigenvalue weighted by molar-refractivity contribution is 5.82. The summed E-state index contributed by atoms with van der Waals surface area (Å²) < 4.78 is 33.4. The van der Waals surface area contributed by atoms with Crippen LogP contribution < -0.4 is 10.6 Å². The van der Waals surface area contributed by atoms with Gasteiger partial charge in [-0.2, -0.15) is 0 Å². The van der Waals surface area contributed by atoms with E-state index < -0.39 is 23.7 Å². The number of amides is 1. The number of nitrogens with one attached hydrogen (secondary N) is 2. The van der Waals surface area contributed by atoms with Gasteiger partial charge in [0.2, 0.25) is 5.91 Å². The SMILES string of the molecule is C[C@H]1OCCN[C@@H]1C(=O)NCC(c1c(F)cccc1F)N(C)C. The molecule has 0 aromatic heterocycles. The topological polar surface area (TPSA) is 53.6 Å². The maximum Gasteiger partial charge on any atom is 0.239 e.